The smallest absolute Gasteiger partial charge is 0.248 e. The van der Waals surface area contributed by atoms with Crippen molar-refractivity contribution in [1.29, 1.82) is 0 Å². The second-order valence-corrected chi connectivity index (χ2v) is 5.03. The molecule has 3 nitrogen and oxygen atoms in total. The third-order valence-corrected chi connectivity index (χ3v) is 3.59. The predicted molar refractivity (Wildman–Crippen MR) is 74.6 cm³/mol. The van der Waals surface area contributed by atoms with Gasteiger partial charge < -0.3 is 11.1 Å². The van der Waals surface area contributed by atoms with Crippen molar-refractivity contribution in [3.05, 3.63) is 41.2 Å². The zero-order valence-corrected chi connectivity index (χ0v) is 11.1. The summed E-state index contributed by atoms with van der Waals surface area (Å²) in [7, 11) is 0. The molecule has 4 heteroatoms. The van der Waals surface area contributed by atoms with Crippen LogP contribution in [-0.4, -0.2) is 12.5 Å². The number of amides is 1. The maximum Gasteiger partial charge on any atom is 0.248 e. The Balaban J connectivity index is 2.10. The molecule has 0 aromatic heterocycles. The molecule has 1 atom stereocenters. The van der Waals surface area contributed by atoms with Gasteiger partial charge in [-0.05, 0) is 44.2 Å². The van der Waals surface area contributed by atoms with Gasteiger partial charge in [-0.2, -0.15) is 0 Å². The van der Waals surface area contributed by atoms with E-state index in [1.165, 1.54) is 6.07 Å². The van der Waals surface area contributed by atoms with Crippen LogP contribution in [0.2, 0.25) is 0 Å². The monoisotopic (exact) mass is 262 g/mol. The van der Waals surface area contributed by atoms with Crippen molar-refractivity contribution in [1.82, 2.24) is 0 Å². The highest BCUT2D eigenvalue weighted by Gasteiger charge is 2.13. The third kappa shape index (κ3) is 3.34. The number of primary amides is 1. The van der Waals surface area contributed by atoms with Gasteiger partial charge in [0.25, 0.3) is 0 Å². The number of hydrogen-bond donors (Lipinski definition) is 2. The fourth-order valence-corrected chi connectivity index (χ4v) is 2.30. The second kappa shape index (κ2) is 5.87. The van der Waals surface area contributed by atoms with Gasteiger partial charge in [0.15, 0.2) is 0 Å². The van der Waals surface area contributed by atoms with Gasteiger partial charge in [-0.25, -0.2) is 4.39 Å². The number of hydrogen-bond acceptors (Lipinski definition) is 2. The van der Waals surface area contributed by atoms with Gasteiger partial charge in [0.05, 0.1) is 0 Å². The molecule has 1 aromatic carbocycles. The summed E-state index contributed by atoms with van der Waals surface area (Å²) in [5.74, 6) is -0.449. The maximum absolute atomic E-state index is 13.7. The summed E-state index contributed by atoms with van der Waals surface area (Å²) >= 11 is 0. The van der Waals surface area contributed by atoms with Gasteiger partial charge in [-0.15, -0.1) is 0 Å². The highest BCUT2D eigenvalue weighted by atomic mass is 19.1. The van der Waals surface area contributed by atoms with Gasteiger partial charge in [0.1, 0.15) is 5.82 Å². The number of rotatable bonds is 4. The Morgan fingerprint density at radius 3 is 2.89 bits per heavy atom. The average Bonchev–Trinajstić information content (AvgIpc) is 2.41. The average molecular weight is 262 g/mol. The minimum atomic E-state index is -0.609. The van der Waals surface area contributed by atoms with Crippen molar-refractivity contribution in [2.45, 2.75) is 26.2 Å². The van der Waals surface area contributed by atoms with E-state index in [0.717, 1.165) is 25.8 Å². The van der Waals surface area contributed by atoms with Crippen LogP contribution >= 0.6 is 0 Å². The van der Waals surface area contributed by atoms with Crippen LogP contribution in [0.5, 0.6) is 0 Å². The molecule has 0 heterocycles. The number of halogens is 1. The molecule has 0 aliphatic heterocycles. The summed E-state index contributed by atoms with van der Waals surface area (Å²) in [5, 5.41) is 3.24. The van der Waals surface area contributed by atoms with E-state index in [0.29, 0.717) is 17.2 Å². The Bertz CT molecular complexity index is 511. The SMILES string of the molecule is Cc1c(F)cc(C(N)=O)cc1NCC1CC=CCC1. The lowest BCUT2D eigenvalue weighted by atomic mass is 9.94. The molecule has 0 saturated carbocycles. The minimum Gasteiger partial charge on any atom is -0.384 e. The van der Waals surface area contributed by atoms with Gasteiger partial charge in [0, 0.05) is 23.4 Å². The highest BCUT2D eigenvalue weighted by Crippen LogP contribution is 2.23. The van der Waals surface area contributed by atoms with Gasteiger partial charge >= 0.3 is 0 Å². The van der Waals surface area contributed by atoms with Gasteiger partial charge in [-0.1, -0.05) is 12.2 Å². The molecule has 19 heavy (non-hydrogen) atoms. The molecule has 1 aliphatic carbocycles. The molecular formula is C15H19FN2O. The Hall–Kier alpha value is -1.84. The van der Waals surface area contributed by atoms with Crippen LogP contribution in [0.1, 0.15) is 35.2 Å². The van der Waals surface area contributed by atoms with Crippen LogP contribution in [0.4, 0.5) is 10.1 Å². The summed E-state index contributed by atoms with van der Waals surface area (Å²) in [4.78, 5) is 11.1. The quantitative estimate of drug-likeness (QED) is 0.819. The Labute approximate surface area is 112 Å². The van der Waals surface area contributed by atoms with Crippen LogP contribution in [-0.2, 0) is 0 Å². The Morgan fingerprint density at radius 2 is 2.26 bits per heavy atom. The summed E-state index contributed by atoms with van der Waals surface area (Å²) in [6, 6.07) is 2.81. The molecule has 3 N–H and O–H groups in total. The van der Waals surface area contributed by atoms with E-state index in [2.05, 4.69) is 17.5 Å². The molecule has 102 valence electrons. The molecule has 1 aliphatic rings. The molecule has 0 bridgehead atoms. The molecule has 0 saturated heterocycles. The molecule has 0 spiro atoms. The van der Waals surface area contributed by atoms with E-state index in [-0.39, 0.29) is 5.56 Å². The number of anilines is 1. The number of allylic oxidation sites excluding steroid dienone is 2. The molecule has 1 unspecified atom stereocenters. The molecule has 2 rings (SSSR count). The number of carbonyl (C=O) groups is 1. The number of carbonyl (C=O) groups excluding carboxylic acids is 1. The fourth-order valence-electron chi connectivity index (χ4n) is 2.30. The molecular weight excluding hydrogens is 243 g/mol. The van der Waals surface area contributed by atoms with Gasteiger partial charge in [0.2, 0.25) is 5.91 Å². The zero-order chi connectivity index (χ0) is 13.8. The van der Waals surface area contributed by atoms with E-state index in [1.54, 1.807) is 13.0 Å². The van der Waals surface area contributed by atoms with Crippen molar-refractivity contribution in [3.63, 3.8) is 0 Å². The zero-order valence-electron chi connectivity index (χ0n) is 11.1. The van der Waals surface area contributed by atoms with Crippen LogP contribution < -0.4 is 11.1 Å². The Morgan fingerprint density at radius 1 is 1.47 bits per heavy atom. The first kappa shape index (κ1) is 13.6. The van der Waals surface area contributed by atoms with E-state index in [4.69, 9.17) is 5.73 Å². The summed E-state index contributed by atoms with van der Waals surface area (Å²) in [6.45, 7) is 2.48. The standard InChI is InChI=1S/C15H19FN2O/c1-10-13(16)7-12(15(17)19)8-14(10)18-9-11-5-3-2-4-6-11/h2-3,7-8,11,18H,4-6,9H2,1H3,(H2,17,19). The van der Waals surface area contributed by atoms with E-state index < -0.39 is 11.7 Å². The first-order valence-electron chi connectivity index (χ1n) is 6.56. The fraction of sp³-hybridized carbons (Fsp3) is 0.400. The second-order valence-electron chi connectivity index (χ2n) is 5.03. The molecule has 0 fully saturated rings. The van der Waals surface area contributed by atoms with Gasteiger partial charge in [-0.3, -0.25) is 4.79 Å². The molecule has 0 radical (unpaired) electrons. The number of benzene rings is 1. The van der Waals surface area contributed by atoms with Crippen molar-refractivity contribution < 1.29 is 9.18 Å². The first-order chi connectivity index (χ1) is 9.08. The van der Waals surface area contributed by atoms with E-state index in [9.17, 15) is 9.18 Å². The lowest BCUT2D eigenvalue weighted by molar-refractivity contribution is 0.1000. The van der Waals surface area contributed by atoms with Crippen LogP contribution in [0.15, 0.2) is 24.3 Å². The largest absolute Gasteiger partial charge is 0.384 e. The normalized spacial score (nSPS) is 18.3. The van der Waals surface area contributed by atoms with Crippen LogP contribution in [0.3, 0.4) is 0 Å². The van der Waals surface area contributed by atoms with Crippen LogP contribution in [0, 0.1) is 18.7 Å². The first-order valence-corrected chi connectivity index (χ1v) is 6.56. The molecule has 1 aromatic rings. The summed E-state index contributed by atoms with van der Waals surface area (Å²) in [6.07, 6.45) is 7.66. The van der Waals surface area contributed by atoms with Crippen molar-refractivity contribution in [2.24, 2.45) is 11.7 Å². The number of nitrogens with one attached hydrogen (secondary N) is 1. The topological polar surface area (TPSA) is 55.1 Å². The van der Waals surface area contributed by atoms with Crippen molar-refractivity contribution >= 4 is 11.6 Å². The predicted octanol–water partition coefficient (Wildman–Crippen LogP) is 3.00. The van der Waals surface area contributed by atoms with Crippen molar-refractivity contribution in [2.75, 3.05) is 11.9 Å². The molecule has 1 amide bonds. The third-order valence-electron chi connectivity index (χ3n) is 3.59. The van der Waals surface area contributed by atoms with Crippen LogP contribution in [0.25, 0.3) is 0 Å². The van der Waals surface area contributed by atoms with E-state index >= 15 is 0 Å². The minimum absolute atomic E-state index is 0.203. The summed E-state index contributed by atoms with van der Waals surface area (Å²) in [5.41, 5.74) is 6.58. The summed E-state index contributed by atoms with van der Waals surface area (Å²) < 4.78 is 13.7. The van der Waals surface area contributed by atoms with E-state index in [1.807, 2.05) is 0 Å². The lowest BCUT2D eigenvalue weighted by Crippen LogP contribution is -2.17. The van der Waals surface area contributed by atoms with Crippen molar-refractivity contribution in [3.8, 4) is 0 Å². The Kier molecular flexibility index (Phi) is 4.20. The lowest BCUT2D eigenvalue weighted by Gasteiger charge is -2.20. The number of nitrogens with two attached hydrogens (primary N) is 1. The maximum atomic E-state index is 13.7. The highest BCUT2D eigenvalue weighted by molar-refractivity contribution is 5.94.